The van der Waals surface area contributed by atoms with Crippen molar-refractivity contribution in [2.45, 2.75) is 32.2 Å². The van der Waals surface area contributed by atoms with Crippen LogP contribution in [0.25, 0.3) is 10.2 Å². The number of nitrogens with one attached hydrogen (secondary N) is 1. The Hall–Kier alpha value is -1.13. The molecule has 0 bridgehead atoms. The maximum Gasteiger partial charge on any atom is 0.184 e. The number of hydrogen-bond acceptors (Lipinski definition) is 4. The van der Waals surface area contributed by atoms with Gasteiger partial charge in [0.25, 0.3) is 0 Å². The fourth-order valence-electron chi connectivity index (χ4n) is 2.38. The summed E-state index contributed by atoms with van der Waals surface area (Å²) in [5.74, 6) is 0. The largest absolute Gasteiger partial charge is 0.379 e. The monoisotopic (exact) mass is 262 g/mol. The predicted molar refractivity (Wildman–Crippen MR) is 76.4 cm³/mol. The average Bonchev–Trinajstić information content (AvgIpc) is 2.70. The van der Waals surface area contributed by atoms with Crippen molar-refractivity contribution in [2.75, 3.05) is 18.5 Å². The number of hydrogen-bond donors (Lipinski definition) is 1. The van der Waals surface area contributed by atoms with Crippen LogP contribution < -0.4 is 5.32 Å². The average molecular weight is 262 g/mol. The lowest BCUT2D eigenvalue weighted by Crippen LogP contribution is -2.42. The molecule has 1 atom stereocenters. The van der Waals surface area contributed by atoms with Gasteiger partial charge in [-0.25, -0.2) is 4.98 Å². The molecule has 1 fully saturated rings. The number of nitrogens with zero attached hydrogens (tertiary/aromatic N) is 1. The second-order valence-electron chi connectivity index (χ2n) is 5.33. The van der Waals surface area contributed by atoms with E-state index in [1.54, 1.807) is 11.3 Å². The lowest BCUT2D eigenvalue weighted by atomic mass is 9.95. The minimum atomic E-state index is 0.0289. The number of aromatic nitrogens is 1. The van der Waals surface area contributed by atoms with Crippen molar-refractivity contribution < 1.29 is 4.74 Å². The Morgan fingerprint density at radius 2 is 2.33 bits per heavy atom. The van der Waals surface area contributed by atoms with Crippen LogP contribution in [0.4, 0.5) is 5.13 Å². The van der Waals surface area contributed by atoms with Crippen LogP contribution in [-0.2, 0) is 4.74 Å². The van der Waals surface area contributed by atoms with Gasteiger partial charge >= 0.3 is 0 Å². The first-order valence-electron chi connectivity index (χ1n) is 6.38. The summed E-state index contributed by atoms with van der Waals surface area (Å²) >= 11 is 1.73. The van der Waals surface area contributed by atoms with Gasteiger partial charge in [-0.05, 0) is 44.4 Å². The highest BCUT2D eigenvalue weighted by molar-refractivity contribution is 7.22. The van der Waals surface area contributed by atoms with Crippen molar-refractivity contribution in [1.82, 2.24) is 4.98 Å². The minimum absolute atomic E-state index is 0.0289. The van der Waals surface area contributed by atoms with Gasteiger partial charge in [0.1, 0.15) is 0 Å². The lowest BCUT2D eigenvalue weighted by Gasteiger charge is -2.34. The molecule has 1 unspecified atom stereocenters. The SMILES string of the molecule is Cc1ccc2nc(NC3(C)CCCOC3)sc2c1. The van der Waals surface area contributed by atoms with E-state index < -0.39 is 0 Å². The predicted octanol–water partition coefficient (Wildman–Crippen LogP) is 3.59. The summed E-state index contributed by atoms with van der Waals surface area (Å²) < 4.78 is 6.81. The van der Waals surface area contributed by atoms with Crippen LogP contribution in [0.1, 0.15) is 25.3 Å². The zero-order chi connectivity index (χ0) is 12.6. The molecule has 0 amide bonds. The molecule has 2 aromatic rings. The summed E-state index contributed by atoms with van der Waals surface area (Å²) in [4.78, 5) is 4.64. The van der Waals surface area contributed by atoms with Gasteiger partial charge in [0.15, 0.2) is 5.13 Å². The molecular formula is C14H18N2OS. The molecular weight excluding hydrogens is 244 g/mol. The molecule has 1 aromatic heterocycles. The topological polar surface area (TPSA) is 34.2 Å². The van der Waals surface area contributed by atoms with Gasteiger partial charge < -0.3 is 10.1 Å². The fourth-order valence-corrected chi connectivity index (χ4v) is 3.49. The van der Waals surface area contributed by atoms with E-state index in [4.69, 9.17) is 4.74 Å². The van der Waals surface area contributed by atoms with Gasteiger partial charge in [0.05, 0.1) is 22.4 Å². The standard InChI is InChI=1S/C14H18N2OS/c1-10-4-5-11-12(8-10)18-13(15-11)16-14(2)6-3-7-17-9-14/h4-5,8H,3,6-7,9H2,1-2H3,(H,15,16). The van der Waals surface area contributed by atoms with Gasteiger partial charge in [-0.3, -0.25) is 0 Å². The molecule has 1 aliphatic rings. The van der Waals surface area contributed by atoms with Crippen molar-refractivity contribution >= 4 is 26.7 Å². The van der Waals surface area contributed by atoms with Gasteiger partial charge in [0, 0.05) is 6.61 Å². The number of aryl methyl sites for hydroxylation is 1. The molecule has 0 saturated carbocycles. The summed E-state index contributed by atoms with van der Waals surface area (Å²) in [6, 6.07) is 6.39. The summed E-state index contributed by atoms with van der Waals surface area (Å²) in [5.41, 5.74) is 2.39. The molecule has 2 heterocycles. The van der Waals surface area contributed by atoms with E-state index in [-0.39, 0.29) is 5.54 Å². The quantitative estimate of drug-likeness (QED) is 0.898. The number of ether oxygens (including phenoxy) is 1. The number of rotatable bonds is 2. The fraction of sp³-hybridized carbons (Fsp3) is 0.500. The molecule has 1 aliphatic heterocycles. The molecule has 1 aromatic carbocycles. The van der Waals surface area contributed by atoms with Crippen molar-refractivity contribution in [3.63, 3.8) is 0 Å². The molecule has 3 rings (SSSR count). The van der Waals surface area contributed by atoms with Crippen molar-refractivity contribution in [2.24, 2.45) is 0 Å². The van der Waals surface area contributed by atoms with E-state index in [2.05, 4.69) is 42.3 Å². The first-order chi connectivity index (χ1) is 8.65. The first-order valence-corrected chi connectivity index (χ1v) is 7.19. The third kappa shape index (κ3) is 2.35. The van der Waals surface area contributed by atoms with Crippen molar-refractivity contribution in [3.8, 4) is 0 Å². The summed E-state index contributed by atoms with van der Waals surface area (Å²) in [6.45, 7) is 5.98. The van der Waals surface area contributed by atoms with Crippen LogP contribution in [0.5, 0.6) is 0 Å². The Labute approximate surface area is 111 Å². The van der Waals surface area contributed by atoms with E-state index in [0.717, 1.165) is 36.7 Å². The van der Waals surface area contributed by atoms with Gasteiger partial charge in [0.2, 0.25) is 0 Å². The normalized spacial score (nSPS) is 24.3. The number of fused-ring (bicyclic) bond motifs is 1. The molecule has 96 valence electrons. The molecule has 0 spiro atoms. The van der Waals surface area contributed by atoms with E-state index in [1.165, 1.54) is 10.3 Å². The van der Waals surface area contributed by atoms with Crippen molar-refractivity contribution in [1.29, 1.82) is 0 Å². The van der Waals surface area contributed by atoms with Crippen LogP contribution in [0.15, 0.2) is 18.2 Å². The maximum atomic E-state index is 5.56. The van der Waals surface area contributed by atoms with E-state index >= 15 is 0 Å². The van der Waals surface area contributed by atoms with Crippen molar-refractivity contribution in [3.05, 3.63) is 23.8 Å². The highest BCUT2D eigenvalue weighted by Crippen LogP contribution is 2.31. The summed E-state index contributed by atoms with van der Waals surface area (Å²) in [6.07, 6.45) is 2.26. The van der Waals surface area contributed by atoms with Crippen LogP contribution >= 0.6 is 11.3 Å². The van der Waals surface area contributed by atoms with Crippen LogP contribution in [0, 0.1) is 6.92 Å². The summed E-state index contributed by atoms with van der Waals surface area (Å²) in [7, 11) is 0. The smallest absolute Gasteiger partial charge is 0.184 e. The Morgan fingerprint density at radius 3 is 3.11 bits per heavy atom. The van der Waals surface area contributed by atoms with Gasteiger partial charge in [-0.15, -0.1) is 0 Å². The van der Waals surface area contributed by atoms with Crippen LogP contribution in [0.2, 0.25) is 0 Å². The molecule has 0 aliphatic carbocycles. The Balaban J connectivity index is 1.86. The molecule has 1 saturated heterocycles. The first kappa shape index (κ1) is 11.9. The van der Waals surface area contributed by atoms with E-state index in [1.807, 2.05) is 0 Å². The van der Waals surface area contributed by atoms with Crippen LogP contribution in [0.3, 0.4) is 0 Å². The zero-order valence-corrected chi connectivity index (χ0v) is 11.6. The molecule has 1 N–H and O–H groups in total. The Kier molecular flexibility index (Phi) is 2.99. The lowest BCUT2D eigenvalue weighted by molar-refractivity contribution is 0.0540. The highest BCUT2D eigenvalue weighted by Gasteiger charge is 2.28. The zero-order valence-electron chi connectivity index (χ0n) is 10.8. The molecule has 4 heteroatoms. The third-order valence-electron chi connectivity index (χ3n) is 3.39. The Bertz CT molecular complexity index is 558. The highest BCUT2D eigenvalue weighted by atomic mass is 32.1. The molecule has 18 heavy (non-hydrogen) atoms. The minimum Gasteiger partial charge on any atom is -0.379 e. The number of benzene rings is 1. The molecule has 3 nitrogen and oxygen atoms in total. The summed E-state index contributed by atoms with van der Waals surface area (Å²) in [5, 5.41) is 4.55. The third-order valence-corrected chi connectivity index (χ3v) is 4.32. The van der Waals surface area contributed by atoms with Crippen LogP contribution in [-0.4, -0.2) is 23.7 Å². The maximum absolute atomic E-state index is 5.56. The second kappa shape index (κ2) is 4.52. The number of thiazole rings is 1. The van der Waals surface area contributed by atoms with Gasteiger partial charge in [-0.2, -0.15) is 0 Å². The molecule has 0 radical (unpaired) electrons. The number of anilines is 1. The van der Waals surface area contributed by atoms with E-state index in [0.29, 0.717) is 0 Å². The Morgan fingerprint density at radius 1 is 1.44 bits per heavy atom. The van der Waals surface area contributed by atoms with Gasteiger partial charge in [-0.1, -0.05) is 17.4 Å². The van der Waals surface area contributed by atoms with E-state index in [9.17, 15) is 0 Å². The second-order valence-corrected chi connectivity index (χ2v) is 6.36.